The number of ether oxygens (including phenoxy) is 1. The number of carbonyl (C=O) groups excluding carboxylic acids is 2. The third-order valence-electron chi connectivity index (χ3n) is 3.21. The first-order valence-electron chi connectivity index (χ1n) is 5.69. The highest BCUT2D eigenvalue weighted by molar-refractivity contribution is 6.22. The predicted octanol–water partition coefficient (Wildman–Crippen LogP) is 2.82. The minimum Gasteiger partial charge on any atom is -0.465 e. The van der Waals surface area contributed by atoms with Crippen LogP contribution in [0.5, 0.6) is 0 Å². The van der Waals surface area contributed by atoms with Crippen LogP contribution in [0.1, 0.15) is 26.3 Å². The Morgan fingerprint density at radius 1 is 1.11 bits per heavy atom. The fourth-order valence-corrected chi connectivity index (χ4v) is 2.33. The highest BCUT2D eigenvalue weighted by Crippen LogP contribution is 2.38. The van der Waals surface area contributed by atoms with Gasteiger partial charge in [-0.3, -0.25) is 4.79 Å². The molecule has 0 radical (unpaired) electrons. The average Bonchev–Trinajstić information content (AvgIpc) is 2.72. The molecule has 2 aromatic rings. The van der Waals surface area contributed by atoms with E-state index in [1.165, 1.54) is 31.4 Å². The second kappa shape index (κ2) is 4.02. The van der Waals surface area contributed by atoms with Crippen molar-refractivity contribution in [1.82, 2.24) is 0 Å². The summed E-state index contributed by atoms with van der Waals surface area (Å²) < 4.78 is 18.4. The van der Waals surface area contributed by atoms with E-state index in [0.29, 0.717) is 22.3 Å². The number of benzene rings is 2. The van der Waals surface area contributed by atoms with Crippen molar-refractivity contribution in [2.45, 2.75) is 0 Å². The van der Waals surface area contributed by atoms with E-state index in [1.54, 1.807) is 12.1 Å². The van der Waals surface area contributed by atoms with Gasteiger partial charge >= 0.3 is 5.97 Å². The van der Waals surface area contributed by atoms with Gasteiger partial charge in [-0.1, -0.05) is 18.2 Å². The summed E-state index contributed by atoms with van der Waals surface area (Å²) in [4.78, 5) is 23.6. The van der Waals surface area contributed by atoms with Gasteiger partial charge in [0.2, 0.25) is 0 Å². The van der Waals surface area contributed by atoms with Crippen molar-refractivity contribution in [2.75, 3.05) is 7.11 Å². The maximum atomic E-state index is 13.8. The number of methoxy groups -OCH3 is 1. The molecule has 3 rings (SSSR count). The van der Waals surface area contributed by atoms with Crippen molar-refractivity contribution < 1.29 is 18.7 Å². The lowest BCUT2D eigenvalue weighted by molar-refractivity contribution is 0.0601. The van der Waals surface area contributed by atoms with Crippen molar-refractivity contribution in [2.24, 2.45) is 0 Å². The molecule has 0 aromatic heterocycles. The lowest BCUT2D eigenvalue weighted by Gasteiger charge is -2.03. The van der Waals surface area contributed by atoms with Crippen molar-refractivity contribution in [1.29, 1.82) is 0 Å². The van der Waals surface area contributed by atoms with Crippen LogP contribution in [0.3, 0.4) is 0 Å². The molecule has 3 nitrogen and oxygen atoms in total. The van der Waals surface area contributed by atoms with Crippen molar-refractivity contribution >= 4 is 11.8 Å². The van der Waals surface area contributed by atoms with Crippen LogP contribution >= 0.6 is 0 Å². The van der Waals surface area contributed by atoms with Crippen LogP contribution in [0.25, 0.3) is 11.1 Å². The zero-order valence-electron chi connectivity index (χ0n) is 10.1. The number of ketones is 1. The third-order valence-corrected chi connectivity index (χ3v) is 3.21. The summed E-state index contributed by atoms with van der Waals surface area (Å²) in [5.41, 5.74) is 1.77. The quantitative estimate of drug-likeness (QED) is 0.629. The van der Waals surface area contributed by atoms with Gasteiger partial charge in [0.25, 0.3) is 0 Å². The highest BCUT2D eigenvalue weighted by atomic mass is 19.1. The first-order valence-corrected chi connectivity index (χ1v) is 5.69. The summed E-state index contributed by atoms with van der Waals surface area (Å²) in [6.45, 7) is 0. The van der Waals surface area contributed by atoms with Gasteiger partial charge in [0.05, 0.1) is 12.7 Å². The van der Waals surface area contributed by atoms with Gasteiger partial charge in [-0.25, -0.2) is 9.18 Å². The fourth-order valence-electron chi connectivity index (χ4n) is 2.33. The third kappa shape index (κ3) is 1.57. The molecule has 0 saturated heterocycles. The largest absolute Gasteiger partial charge is 0.465 e. The lowest BCUT2D eigenvalue weighted by atomic mass is 10.0. The van der Waals surface area contributed by atoms with E-state index in [1.807, 2.05) is 0 Å². The van der Waals surface area contributed by atoms with Gasteiger partial charge in [0, 0.05) is 16.7 Å². The molecule has 0 saturated carbocycles. The molecule has 0 fully saturated rings. The minimum absolute atomic E-state index is 0.268. The maximum absolute atomic E-state index is 13.8. The summed E-state index contributed by atoms with van der Waals surface area (Å²) in [6.07, 6.45) is 0. The summed E-state index contributed by atoms with van der Waals surface area (Å²) in [5, 5.41) is 0. The van der Waals surface area contributed by atoms with Gasteiger partial charge in [0.1, 0.15) is 5.82 Å². The molecule has 0 amide bonds. The summed E-state index contributed by atoms with van der Waals surface area (Å²) in [7, 11) is 1.27. The molecule has 94 valence electrons. The Bertz CT molecular complexity index is 719. The van der Waals surface area contributed by atoms with Crippen LogP contribution in [0, 0.1) is 5.82 Å². The topological polar surface area (TPSA) is 43.4 Å². The summed E-state index contributed by atoms with van der Waals surface area (Å²) in [6, 6.07) is 8.95. The Hall–Kier alpha value is -2.49. The first kappa shape index (κ1) is 11.6. The van der Waals surface area contributed by atoms with Gasteiger partial charge < -0.3 is 4.74 Å². The SMILES string of the molecule is COC(=O)c1ccc2c(c1)C(=O)c1cccc(F)c1-2. The number of esters is 1. The monoisotopic (exact) mass is 256 g/mol. The predicted molar refractivity (Wildman–Crippen MR) is 66.6 cm³/mol. The Morgan fingerprint density at radius 3 is 2.63 bits per heavy atom. The first-order chi connectivity index (χ1) is 9.13. The number of hydrogen-bond donors (Lipinski definition) is 0. The molecule has 19 heavy (non-hydrogen) atoms. The molecular weight excluding hydrogens is 247 g/mol. The maximum Gasteiger partial charge on any atom is 0.337 e. The Balaban J connectivity index is 2.24. The van der Waals surface area contributed by atoms with E-state index in [-0.39, 0.29) is 11.3 Å². The molecule has 0 atom stereocenters. The summed E-state index contributed by atoms with van der Waals surface area (Å²) in [5.74, 6) is -1.22. The van der Waals surface area contributed by atoms with E-state index in [2.05, 4.69) is 4.74 Å². The van der Waals surface area contributed by atoms with E-state index in [0.717, 1.165) is 0 Å². The Kier molecular flexibility index (Phi) is 2.45. The van der Waals surface area contributed by atoms with E-state index in [4.69, 9.17) is 0 Å². The second-order valence-electron chi connectivity index (χ2n) is 4.24. The van der Waals surface area contributed by atoms with Gasteiger partial charge in [-0.15, -0.1) is 0 Å². The normalized spacial score (nSPS) is 12.0. The van der Waals surface area contributed by atoms with Crippen LogP contribution in [0.15, 0.2) is 36.4 Å². The molecule has 0 aliphatic heterocycles. The molecule has 0 heterocycles. The molecule has 0 spiro atoms. The number of halogens is 1. The van der Waals surface area contributed by atoms with Crippen molar-refractivity contribution in [3.63, 3.8) is 0 Å². The zero-order chi connectivity index (χ0) is 13.6. The Morgan fingerprint density at radius 2 is 1.89 bits per heavy atom. The number of carbonyl (C=O) groups is 2. The van der Waals surface area contributed by atoms with Crippen molar-refractivity contribution in [3.8, 4) is 11.1 Å². The smallest absolute Gasteiger partial charge is 0.337 e. The molecule has 0 bridgehead atoms. The van der Waals surface area contributed by atoms with Gasteiger partial charge in [-0.05, 0) is 23.8 Å². The molecule has 0 N–H and O–H groups in total. The molecule has 4 heteroatoms. The second-order valence-corrected chi connectivity index (χ2v) is 4.24. The zero-order valence-corrected chi connectivity index (χ0v) is 10.1. The number of fused-ring (bicyclic) bond motifs is 3. The fraction of sp³-hybridized carbons (Fsp3) is 0.0667. The van der Waals surface area contributed by atoms with Crippen LogP contribution < -0.4 is 0 Å². The van der Waals surface area contributed by atoms with E-state index in [9.17, 15) is 14.0 Å². The van der Waals surface area contributed by atoms with Crippen LogP contribution in [-0.2, 0) is 4.74 Å². The molecule has 1 aliphatic rings. The lowest BCUT2D eigenvalue weighted by Crippen LogP contribution is -2.03. The molecule has 1 aliphatic carbocycles. The van der Waals surface area contributed by atoms with Crippen LogP contribution in [0.2, 0.25) is 0 Å². The van der Waals surface area contributed by atoms with Gasteiger partial charge in [0.15, 0.2) is 5.78 Å². The van der Waals surface area contributed by atoms with E-state index < -0.39 is 11.8 Å². The van der Waals surface area contributed by atoms with Gasteiger partial charge in [-0.2, -0.15) is 0 Å². The van der Waals surface area contributed by atoms with Crippen LogP contribution in [0.4, 0.5) is 4.39 Å². The molecule has 0 unspecified atom stereocenters. The molecular formula is C15H9FO3. The van der Waals surface area contributed by atoms with Crippen LogP contribution in [-0.4, -0.2) is 18.9 Å². The number of rotatable bonds is 1. The highest BCUT2D eigenvalue weighted by Gasteiger charge is 2.29. The standard InChI is InChI=1S/C15H9FO3/c1-19-15(18)8-5-6-9-11(7-8)14(17)10-3-2-4-12(16)13(9)10/h2-7H,1H3. The van der Waals surface area contributed by atoms with E-state index >= 15 is 0 Å². The molecule has 2 aromatic carbocycles. The average molecular weight is 256 g/mol. The summed E-state index contributed by atoms with van der Waals surface area (Å²) >= 11 is 0. The number of hydrogen-bond acceptors (Lipinski definition) is 3. The Labute approximate surface area is 108 Å². The van der Waals surface area contributed by atoms with Crippen molar-refractivity contribution in [3.05, 3.63) is 58.9 Å². The minimum atomic E-state index is -0.521.